The minimum absolute atomic E-state index is 1.13. The van der Waals surface area contributed by atoms with E-state index < -0.39 is 0 Å². The van der Waals surface area contributed by atoms with E-state index in [0.29, 0.717) is 0 Å². The number of hydrogen-bond donors (Lipinski definition) is 0. The number of rotatable bonds is 20. The highest BCUT2D eigenvalue weighted by molar-refractivity contribution is 6.02. The van der Waals surface area contributed by atoms with Crippen LogP contribution in [-0.2, 0) is 0 Å². The number of fused-ring (bicyclic) bond motifs is 4. The van der Waals surface area contributed by atoms with Crippen LogP contribution in [0.3, 0.4) is 0 Å². The molecule has 0 saturated heterocycles. The van der Waals surface area contributed by atoms with E-state index in [1.165, 1.54) is 121 Å². The van der Waals surface area contributed by atoms with Crippen molar-refractivity contribution in [3.8, 4) is 55.6 Å². The summed E-state index contributed by atoms with van der Waals surface area (Å²) in [4.78, 5) is 13.7. The summed E-state index contributed by atoms with van der Waals surface area (Å²) in [7, 11) is 6.37. The summed E-state index contributed by atoms with van der Waals surface area (Å²) < 4.78 is 0. The van der Waals surface area contributed by atoms with Crippen molar-refractivity contribution < 1.29 is 0 Å². The maximum absolute atomic E-state index is 2.34. The van der Waals surface area contributed by atoms with Crippen LogP contribution in [-0.4, -0.2) is 21.1 Å². The van der Waals surface area contributed by atoms with E-state index in [4.69, 9.17) is 0 Å². The van der Waals surface area contributed by atoms with E-state index in [9.17, 15) is 0 Å². The fraction of sp³-hybridized carbons (Fsp3) is 0.0248. The third kappa shape index (κ3) is 17.8. The molecule has 0 aromatic heterocycles. The van der Waals surface area contributed by atoms with Gasteiger partial charge in [0.15, 0.2) is 0 Å². The maximum atomic E-state index is 2.34. The summed E-state index contributed by atoms with van der Waals surface area (Å²) in [5, 5.41) is 9.89. The Morgan fingerprint density at radius 1 is 0.118 bits per heavy atom. The summed E-state index contributed by atoms with van der Waals surface area (Å²) in [6, 6.07) is 184. The van der Waals surface area contributed by atoms with Crippen molar-refractivity contribution in [3.63, 3.8) is 0 Å². The molecule has 0 N–H and O–H groups in total. The van der Waals surface area contributed by atoms with Gasteiger partial charge in [-0.25, -0.2) is 0 Å². The second-order valence-electron chi connectivity index (χ2n) is 31.8. The van der Waals surface area contributed by atoms with Gasteiger partial charge in [0.25, 0.3) is 0 Å². The first kappa shape index (κ1) is 80.2. The van der Waals surface area contributed by atoms with Crippen molar-refractivity contribution in [2.24, 2.45) is 0 Å². The predicted molar refractivity (Wildman–Crippen MR) is 544 cm³/mol. The van der Waals surface area contributed by atoms with Crippen molar-refractivity contribution in [1.82, 2.24) is 0 Å². The second kappa shape index (κ2) is 37.4. The molecule has 0 fully saturated rings. The van der Waals surface area contributed by atoms with Gasteiger partial charge in [0.05, 0.1) is 17.1 Å². The Labute approximate surface area is 745 Å². The van der Waals surface area contributed by atoms with Gasteiger partial charge in [-0.15, -0.1) is 0 Å². The van der Waals surface area contributed by atoms with Crippen molar-refractivity contribution in [1.29, 1.82) is 0 Å². The fourth-order valence-electron chi connectivity index (χ4n) is 17.1. The van der Waals surface area contributed by atoms with E-state index in [0.717, 1.165) is 62.6 Å². The molecule has 0 saturated carbocycles. The first-order valence-electron chi connectivity index (χ1n) is 43.3. The first-order chi connectivity index (χ1) is 62.7. The lowest BCUT2D eigenvalue weighted by molar-refractivity contribution is 1.21. The predicted octanol–water partition coefficient (Wildman–Crippen LogP) is 33.7. The highest BCUT2D eigenvalue weighted by atomic mass is 15.2. The zero-order valence-corrected chi connectivity index (χ0v) is 71.3. The smallest absolute Gasteiger partial charge is 0.0540 e. The topological polar surface area (TPSA) is 19.4 Å². The van der Waals surface area contributed by atoms with E-state index in [-0.39, 0.29) is 0 Å². The molecule has 0 heterocycles. The number of hydrogen-bond acceptors (Lipinski definition) is 6. The number of anilines is 15. The summed E-state index contributed by atoms with van der Waals surface area (Å²) in [6.45, 7) is 0. The molecule has 0 radical (unpaired) electrons. The van der Waals surface area contributed by atoms with Crippen LogP contribution in [0.2, 0.25) is 0 Å². The number of nitrogens with zero attached hydrogens (tertiary/aromatic N) is 6. The van der Waals surface area contributed by atoms with Crippen LogP contribution in [0.25, 0.3) is 98.7 Å². The third-order valence-corrected chi connectivity index (χ3v) is 24.0. The Balaban J connectivity index is 0.000000124. The molecule has 21 aromatic carbocycles. The minimum atomic E-state index is 1.13. The van der Waals surface area contributed by atoms with Gasteiger partial charge >= 0.3 is 0 Å². The molecule has 0 amide bonds. The summed E-state index contributed by atoms with van der Waals surface area (Å²) in [5.41, 5.74) is 29.3. The van der Waals surface area contributed by atoms with Crippen LogP contribution in [0.15, 0.2) is 516 Å². The Kier molecular flexibility index (Phi) is 23.6. The fourth-order valence-corrected chi connectivity index (χ4v) is 17.1. The quantitative estimate of drug-likeness (QED) is 0.0752. The van der Waals surface area contributed by atoms with Crippen LogP contribution in [0.5, 0.6) is 0 Å². The standard InChI is InChI=1S/2C41H32N2.C39H30N2/c1-42(39-19-10-16-35(30-39)31-12-4-2-5-13-31)36-26-22-32(23-27-36)33-24-28-38(29-25-33)43(37-17-6-3-7-18-37)41-21-11-15-34-14-8-9-20-40(34)41;1-42(36-25-19-32(20-26-36)31-11-4-2-5-12-31)37-27-21-33(22-28-37)34-23-29-39(30-24-34)43(38-15-6-3-7-16-38)41-18-10-14-35-13-8-9-17-40(35)41;1-40(37-27-22-29-10-5-6-12-33(29)28-37)34-23-18-30(19-24-34)31-20-25-36(26-21-31)41(35-14-3-2-4-15-35)39-17-9-13-32-11-7-8-16-38(32)39/h2*2-30H,1H3;2-28H,1H3. The van der Waals surface area contributed by atoms with Crippen molar-refractivity contribution in [2.75, 3.05) is 50.5 Å². The molecule has 6 heteroatoms. The Morgan fingerprint density at radius 2 is 0.315 bits per heavy atom. The van der Waals surface area contributed by atoms with E-state index in [2.05, 4.69) is 566 Å². The number of benzene rings is 21. The molecule has 0 bridgehead atoms. The van der Waals surface area contributed by atoms with Crippen LogP contribution >= 0.6 is 0 Å². The molecule has 21 rings (SSSR count). The molecule has 127 heavy (non-hydrogen) atoms. The Bertz CT molecular complexity index is 7230. The summed E-state index contributed by atoms with van der Waals surface area (Å²) in [5.74, 6) is 0. The number of para-hydroxylation sites is 3. The molecular formula is C121H94N6. The molecule has 0 aliphatic heterocycles. The Hall–Kier alpha value is -16.5. The molecule has 0 atom stereocenters. The van der Waals surface area contributed by atoms with Crippen LogP contribution in [0, 0.1) is 0 Å². The third-order valence-electron chi connectivity index (χ3n) is 24.0. The van der Waals surface area contributed by atoms with Crippen LogP contribution in [0.1, 0.15) is 0 Å². The van der Waals surface area contributed by atoms with E-state index >= 15 is 0 Å². The van der Waals surface area contributed by atoms with Crippen molar-refractivity contribution in [3.05, 3.63) is 516 Å². The zero-order valence-electron chi connectivity index (χ0n) is 71.3. The minimum Gasteiger partial charge on any atom is -0.345 e. The van der Waals surface area contributed by atoms with Gasteiger partial charge in [-0.1, -0.05) is 352 Å². The van der Waals surface area contributed by atoms with Gasteiger partial charge in [0.1, 0.15) is 0 Å². The van der Waals surface area contributed by atoms with Gasteiger partial charge in [-0.05, 0) is 246 Å². The summed E-state index contributed by atoms with van der Waals surface area (Å²) in [6.07, 6.45) is 0. The van der Waals surface area contributed by atoms with E-state index in [1.807, 2.05) is 0 Å². The van der Waals surface area contributed by atoms with Crippen LogP contribution in [0.4, 0.5) is 85.3 Å². The van der Waals surface area contributed by atoms with E-state index in [1.54, 1.807) is 0 Å². The van der Waals surface area contributed by atoms with Crippen LogP contribution < -0.4 is 29.4 Å². The molecule has 21 aromatic rings. The average molecular weight is 1630 g/mol. The molecule has 0 aliphatic carbocycles. The monoisotopic (exact) mass is 1630 g/mol. The lowest BCUT2D eigenvalue weighted by Gasteiger charge is -2.27. The van der Waals surface area contributed by atoms with Gasteiger partial charge < -0.3 is 29.4 Å². The Morgan fingerprint density at radius 3 is 0.638 bits per heavy atom. The molecule has 6 nitrogen and oxygen atoms in total. The van der Waals surface area contributed by atoms with Crippen molar-refractivity contribution in [2.45, 2.75) is 0 Å². The lowest BCUT2D eigenvalue weighted by atomic mass is 10.0. The van der Waals surface area contributed by atoms with Crippen molar-refractivity contribution >= 4 is 128 Å². The highest BCUT2D eigenvalue weighted by Gasteiger charge is 2.21. The molecule has 0 unspecified atom stereocenters. The van der Waals surface area contributed by atoms with Gasteiger partial charge in [0, 0.05) is 106 Å². The van der Waals surface area contributed by atoms with Gasteiger partial charge in [-0.2, -0.15) is 0 Å². The first-order valence-corrected chi connectivity index (χ1v) is 43.3. The maximum Gasteiger partial charge on any atom is 0.0540 e. The molecule has 0 aliphatic rings. The average Bonchev–Trinajstić information content (AvgIpc) is 0.782. The largest absolute Gasteiger partial charge is 0.345 e. The molecular weight excluding hydrogens is 1540 g/mol. The SMILES string of the molecule is CN(c1ccc(-c2ccc(N(c3ccccc3)c3cccc4ccccc34)cc2)cc1)c1ccc2ccccc2c1.CN(c1ccc(-c2ccc(N(c3ccccc3)c3cccc4ccccc34)cc2)cc1)c1cccc(-c2ccccc2)c1.CN(c1ccc(-c2ccccc2)cc1)c1ccc(-c2ccc(N(c3ccccc3)c3cccc4ccccc34)cc2)cc1. The lowest BCUT2D eigenvalue weighted by Crippen LogP contribution is -2.10. The molecule has 608 valence electrons. The normalized spacial score (nSPS) is 11.0. The molecule has 0 spiro atoms. The van der Waals surface area contributed by atoms with Gasteiger partial charge in [0.2, 0.25) is 0 Å². The van der Waals surface area contributed by atoms with Gasteiger partial charge in [-0.3, -0.25) is 0 Å². The zero-order chi connectivity index (χ0) is 85.6. The second-order valence-corrected chi connectivity index (χ2v) is 31.8. The highest BCUT2D eigenvalue weighted by Crippen LogP contribution is 2.45. The summed E-state index contributed by atoms with van der Waals surface area (Å²) >= 11 is 0.